The Balaban J connectivity index is 1.69. The number of halogens is 1. The summed E-state index contributed by atoms with van der Waals surface area (Å²) in [7, 11) is 0. The lowest BCUT2D eigenvalue weighted by atomic mass is 10.3. The minimum atomic E-state index is -0.327. The molecule has 0 unspecified atom stereocenters. The van der Waals surface area contributed by atoms with Gasteiger partial charge in [-0.3, -0.25) is 0 Å². The number of hydrogen-bond acceptors (Lipinski definition) is 5. The van der Waals surface area contributed by atoms with Gasteiger partial charge in [-0.05, 0) is 29.6 Å². The molecule has 0 amide bonds. The van der Waals surface area contributed by atoms with E-state index in [9.17, 15) is 4.39 Å². The molecule has 3 rings (SSSR count). The van der Waals surface area contributed by atoms with Crippen LogP contribution in [0.1, 0.15) is 5.69 Å². The highest BCUT2D eigenvalue weighted by Crippen LogP contribution is 2.28. The van der Waals surface area contributed by atoms with Crippen LogP contribution in [0.15, 0.2) is 51.3 Å². The highest BCUT2D eigenvalue weighted by Gasteiger charge is 2.08. The highest BCUT2D eigenvalue weighted by molar-refractivity contribution is 7.98. The van der Waals surface area contributed by atoms with E-state index in [0.717, 1.165) is 15.5 Å². The van der Waals surface area contributed by atoms with Gasteiger partial charge in [0.05, 0.1) is 10.6 Å². The molecular formula is C14H11FN2OS2. The molecule has 1 aromatic carbocycles. The van der Waals surface area contributed by atoms with Crippen LogP contribution in [-0.4, -0.2) is 4.98 Å². The normalized spacial score (nSPS) is 10.8. The summed E-state index contributed by atoms with van der Waals surface area (Å²) < 4.78 is 18.6. The van der Waals surface area contributed by atoms with Crippen LogP contribution in [0.4, 0.5) is 10.1 Å². The van der Waals surface area contributed by atoms with Crippen molar-refractivity contribution in [1.29, 1.82) is 0 Å². The molecule has 3 nitrogen and oxygen atoms in total. The van der Waals surface area contributed by atoms with Crippen LogP contribution in [0.2, 0.25) is 0 Å². The zero-order valence-electron chi connectivity index (χ0n) is 10.4. The lowest BCUT2D eigenvalue weighted by molar-refractivity contribution is 0.575. The predicted octanol–water partition coefficient (Wildman–Crippen LogP) is 4.42. The standard InChI is InChI=1S/C14H11FN2OS2/c15-9-4-10(16)6-12(5-9)20-8-11-7-18-14(17-11)13-2-1-3-19-13/h1-7H,8,16H2. The first kappa shape index (κ1) is 13.2. The summed E-state index contributed by atoms with van der Waals surface area (Å²) in [5, 5.41) is 1.98. The number of anilines is 1. The Hall–Kier alpha value is -1.79. The third-order valence-corrected chi connectivity index (χ3v) is 4.43. The fourth-order valence-corrected chi connectivity index (χ4v) is 3.23. The Kier molecular flexibility index (Phi) is 3.75. The summed E-state index contributed by atoms with van der Waals surface area (Å²) >= 11 is 3.05. The third kappa shape index (κ3) is 3.02. The summed E-state index contributed by atoms with van der Waals surface area (Å²) in [5.41, 5.74) is 6.85. The van der Waals surface area contributed by atoms with Gasteiger partial charge in [0.25, 0.3) is 0 Å². The van der Waals surface area contributed by atoms with Crippen molar-refractivity contribution in [3.63, 3.8) is 0 Å². The van der Waals surface area contributed by atoms with E-state index < -0.39 is 0 Å². The van der Waals surface area contributed by atoms with E-state index in [-0.39, 0.29) is 5.82 Å². The number of aromatic nitrogens is 1. The summed E-state index contributed by atoms with van der Waals surface area (Å²) in [6.07, 6.45) is 1.63. The van der Waals surface area contributed by atoms with Gasteiger partial charge >= 0.3 is 0 Å². The molecule has 0 bridgehead atoms. The van der Waals surface area contributed by atoms with Gasteiger partial charge in [0, 0.05) is 16.3 Å². The van der Waals surface area contributed by atoms with Crippen molar-refractivity contribution in [1.82, 2.24) is 4.98 Å². The summed E-state index contributed by atoms with van der Waals surface area (Å²) in [6.45, 7) is 0. The molecule has 0 radical (unpaired) electrons. The zero-order valence-corrected chi connectivity index (χ0v) is 12.0. The van der Waals surface area contributed by atoms with Crippen molar-refractivity contribution < 1.29 is 8.81 Å². The van der Waals surface area contributed by atoms with Crippen molar-refractivity contribution in [2.75, 3.05) is 5.73 Å². The van der Waals surface area contributed by atoms with E-state index in [1.807, 2.05) is 17.5 Å². The van der Waals surface area contributed by atoms with Gasteiger partial charge in [-0.2, -0.15) is 0 Å². The molecule has 6 heteroatoms. The Morgan fingerprint density at radius 3 is 3.00 bits per heavy atom. The van der Waals surface area contributed by atoms with Gasteiger partial charge in [0.15, 0.2) is 0 Å². The first-order valence-electron chi connectivity index (χ1n) is 5.88. The predicted molar refractivity (Wildman–Crippen MR) is 80.2 cm³/mol. The number of nitrogens with zero attached hydrogens (tertiary/aromatic N) is 1. The van der Waals surface area contributed by atoms with E-state index >= 15 is 0 Å². The second-order valence-corrected chi connectivity index (χ2v) is 6.13. The highest BCUT2D eigenvalue weighted by atomic mass is 32.2. The molecule has 0 atom stereocenters. The number of oxazole rings is 1. The number of rotatable bonds is 4. The van der Waals surface area contributed by atoms with Crippen LogP contribution in [0.25, 0.3) is 10.8 Å². The maximum absolute atomic E-state index is 13.2. The van der Waals surface area contributed by atoms with Gasteiger partial charge in [-0.1, -0.05) is 6.07 Å². The van der Waals surface area contributed by atoms with Crippen LogP contribution in [0.3, 0.4) is 0 Å². The molecule has 3 aromatic rings. The van der Waals surface area contributed by atoms with Crippen LogP contribution in [0.5, 0.6) is 0 Å². The van der Waals surface area contributed by atoms with E-state index in [4.69, 9.17) is 10.2 Å². The molecule has 2 aromatic heterocycles. The zero-order chi connectivity index (χ0) is 13.9. The van der Waals surface area contributed by atoms with Gasteiger partial charge < -0.3 is 10.2 Å². The van der Waals surface area contributed by atoms with Crippen molar-refractivity contribution in [2.45, 2.75) is 10.6 Å². The second kappa shape index (κ2) is 5.68. The molecule has 0 spiro atoms. The Labute approximate surface area is 123 Å². The lowest BCUT2D eigenvalue weighted by Crippen LogP contribution is -1.88. The third-order valence-electron chi connectivity index (χ3n) is 2.56. The first-order valence-corrected chi connectivity index (χ1v) is 7.74. The maximum Gasteiger partial charge on any atom is 0.236 e. The van der Waals surface area contributed by atoms with Crippen LogP contribution in [-0.2, 0) is 5.75 Å². The Morgan fingerprint density at radius 1 is 1.35 bits per heavy atom. The molecule has 0 aliphatic carbocycles. The summed E-state index contributed by atoms with van der Waals surface area (Å²) in [6, 6.07) is 8.42. The SMILES string of the molecule is Nc1cc(F)cc(SCc2coc(-c3cccs3)n2)c1. The Bertz CT molecular complexity index is 690. The van der Waals surface area contributed by atoms with Crippen LogP contribution in [0, 0.1) is 5.82 Å². The van der Waals surface area contributed by atoms with E-state index in [1.54, 1.807) is 23.7 Å². The number of nitrogens with two attached hydrogens (primary N) is 1. The molecular weight excluding hydrogens is 295 g/mol. The van der Waals surface area contributed by atoms with E-state index in [0.29, 0.717) is 17.3 Å². The minimum absolute atomic E-state index is 0.327. The van der Waals surface area contributed by atoms with Gasteiger partial charge in [-0.25, -0.2) is 9.37 Å². The molecule has 0 aliphatic heterocycles. The average Bonchev–Trinajstić information content (AvgIpc) is 3.06. The quantitative estimate of drug-likeness (QED) is 0.573. The number of nitrogen functional groups attached to an aromatic ring is 1. The monoisotopic (exact) mass is 306 g/mol. The lowest BCUT2D eigenvalue weighted by Gasteiger charge is -2.01. The second-order valence-electron chi connectivity index (χ2n) is 4.13. The molecule has 0 aliphatic rings. The van der Waals surface area contributed by atoms with Crippen LogP contribution < -0.4 is 5.73 Å². The molecule has 0 saturated carbocycles. The van der Waals surface area contributed by atoms with Crippen LogP contribution >= 0.6 is 23.1 Å². The van der Waals surface area contributed by atoms with E-state index in [1.165, 1.54) is 23.9 Å². The fourth-order valence-electron chi connectivity index (χ4n) is 1.71. The first-order chi connectivity index (χ1) is 9.70. The van der Waals surface area contributed by atoms with Crippen molar-refractivity contribution in [2.24, 2.45) is 0 Å². The average molecular weight is 306 g/mol. The van der Waals surface area contributed by atoms with Crippen molar-refractivity contribution >= 4 is 28.8 Å². The molecule has 20 heavy (non-hydrogen) atoms. The van der Waals surface area contributed by atoms with Crippen molar-refractivity contribution in [3.8, 4) is 10.8 Å². The number of benzene rings is 1. The molecule has 2 heterocycles. The largest absolute Gasteiger partial charge is 0.444 e. The van der Waals surface area contributed by atoms with Crippen molar-refractivity contribution in [3.05, 3.63) is 53.5 Å². The molecule has 102 valence electrons. The molecule has 0 fully saturated rings. The molecule has 0 saturated heterocycles. The fraction of sp³-hybridized carbons (Fsp3) is 0.0714. The smallest absolute Gasteiger partial charge is 0.236 e. The summed E-state index contributed by atoms with van der Waals surface area (Å²) in [4.78, 5) is 6.19. The summed E-state index contributed by atoms with van der Waals surface area (Å²) in [5.74, 6) is 0.902. The van der Waals surface area contributed by atoms with Gasteiger partial charge in [0.2, 0.25) is 5.89 Å². The minimum Gasteiger partial charge on any atom is -0.444 e. The number of thioether (sulfide) groups is 1. The maximum atomic E-state index is 13.2. The topological polar surface area (TPSA) is 52.0 Å². The number of thiophene rings is 1. The van der Waals surface area contributed by atoms with E-state index in [2.05, 4.69) is 4.98 Å². The Morgan fingerprint density at radius 2 is 2.25 bits per heavy atom. The van der Waals surface area contributed by atoms with Gasteiger partial charge in [0.1, 0.15) is 12.1 Å². The molecule has 2 N–H and O–H groups in total. The van der Waals surface area contributed by atoms with Gasteiger partial charge in [-0.15, -0.1) is 23.1 Å². The number of hydrogen-bond donors (Lipinski definition) is 1.